The SMILES string of the molecule is Cc1ccc2cc(CNCCCl)ccc2c1. The second-order valence-corrected chi connectivity index (χ2v) is 4.43. The van der Waals surface area contributed by atoms with E-state index in [0.29, 0.717) is 5.88 Å². The first-order valence-corrected chi connectivity index (χ1v) is 6.09. The van der Waals surface area contributed by atoms with Crippen molar-refractivity contribution in [3.63, 3.8) is 0 Å². The average Bonchev–Trinajstić information content (AvgIpc) is 2.29. The molecule has 1 nitrogen and oxygen atoms in total. The van der Waals surface area contributed by atoms with Crippen LogP contribution in [0, 0.1) is 6.92 Å². The van der Waals surface area contributed by atoms with Gasteiger partial charge in [0.05, 0.1) is 0 Å². The third kappa shape index (κ3) is 2.75. The van der Waals surface area contributed by atoms with E-state index in [-0.39, 0.29) is 0 Å². The van der Waals surface area contributed by atoms with Gasteiger partial charge in [-0.2, -0.15) is 0 Å². The molecule has 0 fully saturated rings. The highest BCUT2D eigenvalue weighted by molar-refractivity contribution is 6.18. The maximum Gasteiger partial charge on any atom is 0.0348 e. The van der Waals surface area contributed by atoms with Crippen molar-refractivity contribution >= 4 is 22.4 Å². The van der Waals surface area contributed by atoms with Gasteiger partial charge >= 0.3 is 0 Å². The number of halogens is 1. The van der Waals surface area contributed by atoms with Crippen molar-refractivity contribution in [3.05, 3.63) is 47.5 Å². The molecule has 0 aliphatic heterocycles. The lowest BCUT2D eigenvalue weighted by Gasteiger charge is -2.05. The molecular formula is C14H16ClN. The van der Waals surface area contributed by atoms with Gasteiger partial charge in [-0.3, -0.25) is 0 Å². The van der Waals surface area contributed by atoms with Gasteiger partial charge < -0.3 is 5.32 Å². The normalized spacial score (nSPS) is 10.9. The molecule has 84 valence electrons. The van der Waals surface area contributed by atoms with Gasteiger partial charge in [0.1, 0.15) is 0 Å². The number of fused-ring (bicyclic) bond motifs is 1. The molecule has 0 heterocycles. The van der Waals surface area contributed by atoms with E-state index in [1.807, 2.05) is 0 Å². The summed E-state index contributed by atoms with van der Waals surface area (Å²) in [5.41, 5.74) is 2.61. The Balaban J connectivity index is 2.20. The molecular weight excluding hydrogens is 218 g/mol. The third-order valence-corrected chi connectivity index (χ3v) is 2.85. The molecule has 0 saturated heterocycles. The Morgan fingerprint density at radius 1 is 1.06 bits per heavy atom. The first-order chi connectivity index (χ1) is 7.79. The average molecular weight is 234 g/mol. The fourth-order valence-corrected chi connectivity index (χ4v) is 1.96. The molecule has 0 unspecified atom stereocenters. The van der Waals surface area contributed by atoms with Crippen LogP contribution in [0.1, 0.15) is 11.1 Å². The summed E-state index contributed by atoms with van der Waals surface area (Å²) >= 11 is 5.62. The van der Waals surface area contributed by atoms with E-state index in [1.54, 1.807) is 0 Å². The largest absolute Gasteiger partial charge is 0.311 e. The van der Waals surface area contributed by atoms with Gasteiger partial charge in [0, 0.05) is 19.0 Å². The van der Waals surface area contributed by atoms with Gasteiger partial charge in [-0.05, 0) is 29.3 Å². The number of alkyl halides is 1. The van der Waals surface area contributed by atoms with Crippen LogP contribution in [-0.4, -0.2) is 12.4 Å². The molecule has 2 aromatic rings. The van der Waals surface area contributed by atoms with Crippen molar-refractivity contribution in [3.8, 4) is 0 Å². The zero-order valence-corrected chi connectivity index (χ0v) is 10.2. The molecule has 16 heavy (non-hydrogen) atoms. The maximum absolute atomic E-state index is 5.62. The Morgan fingerprint density at radius 3 is 2.62 bits per heavy atom. The smallest absolute Gasteiger partial charge is 0.0348 e. The summed E-state index contributed by atoms with van der Waals surface area (Å²) in [6, 6.07) is 13.1. The van der Waals surface area contributed by atoms with Gasteiger partial charge in [0.25, 0.3) is 0 Å². The summed E-state index contributed by atoms with van der Waals surface area (Å²) in [6.07, 6.45) is 0. The molecule has 0 aliphatic rings. The van der Waals surface area contributed by atoms with Crippen LogP contribution in [0.25, 0.3) is 10.8 Å². The lowest BCUT2D eigenvalue weighted by atomic mass is 10.0. The standard InChI is InChI=1S/C14H16ClN/c1-11-2-4-14-9-12(10-16-7-6-15)3-5-13(14)8-11/h2-5,8-9,16H,6-7,10H2,1H3. The number of hydrogen-bond donors (Lipinski definition) is 1. The van der Waals surface area contributed by atoms with Crippen molar-refractivity contribution in [1.82, 2.24) is 5.32 Å². The Hall–Kier alpha value is -1.05. The molecule has 0 atom stereocenters. The van der Waals surface area contributed by atoms with Gasteiger partial charge in [-0.1, -0.05) is 35.9 Å². The molecule has 1 N–H and O–H groups in total. The minimum Gasteiger partial charge on any atom is -0.311 e. The predicted molar refractivity (Wildman–Crippen MR) is 71.1 cm³/mol. The number of rotatable bonds is 4. The fraction of sp³-hybridized carbons (Fsp3) is 0.286. The summed E-state index contributed by atoms with van der Waals surface area (Å²) in [7, 11) is 0. The molecule has 0 aromatic heterocycles. The lowest BCUT2D eigenvalue weighted by molar-refractivity contribution is 0.731. The number of aryl methyl sites for hydroxylation is 1. The van der Waals surface area contributed by atoms with Crippen molar-refractivity contribution in [1.29, 1.82) is 0 Å². The quantitative estimate of drug-likeness (QED) is 0.630. The van der Waals surface area contributed by atoms with Gasteiger partial charge in [0.15, 0.2) is 0 Å². The highest BCUT2D eigenvalue weighted by Crippen LogP contribution is 2.17. The van der Waals surface area contributed by atoms with E-state index in [4.69, 9.17) is 11.6 Å². The number of hydrogen-bond acceptors (Lipinski definition) is 1. The second kappa shape index (κ2) is 5.33. The van der Waals surface area contributed by atoms with Crippen LogP contribution in [-0.2, 0) is 6.54 Å². The fourth-order valence-electron chi connectivity index (χ4n) is 1.82. The Morgan fingerprint density at radius 2 is 1.81 bits per heavy atom. The predicted octanol–water partition coefficient (Wildman–Crippen LogP) is 3.48. The summed E-state index contributed by atoms with van der Waals surface area (Å²) in [5, 5.41) is 5.90. The van der Waals surface area contributed by atoms with Crippen LogP contribution in [0.15, 0.2) is 36.4 Å². The Kier molecular flexibility index (Phi) is 3.81. The van der Waals surface area contributed by atoms with Crippen LogP contribution in [0.3, 0.4) is 0 Å². The van der Waals surface area contributed by atoms with E-state index < -0.39 is 0 Å². The summed E-state index contributed by atoms with van der Waals surface area (Å²) < 4.78 is 0. The highest BCUT2D eigenvalue weighted by atomic mass is 35.5. The van der Waals surface area contributed by atoms with Crippen LogP contribution in [0.2, 0.25) is 0 Å². The van der Waals surface area contributed by atoms with E-state index in [2.05, 4.69) is 48.6 Å². The monoisotopic (exact) mass is 233 g/mol. The maximum atomic E-state index is 5.62. The molecule has 0 saturated carbocycles. The van der Waals surface area contributed by atoms with Gasteiger partial charge in [0.2, 0.25) is 0 Å². The van der Waals surface area contributed by atoms with E-state index in [0.717, 1.165) is 13.1 Å². The first kappa shape index (κ1) is 11.4. The van der Waals surface area contributed by atoms with E-state index >= 15 is 0 Å². The Bertz CT molecular complexity index is 479. The molecule has 2 aromatic carbocycles. The highest BCUT2D eigenvalue weighted by Gasteiger charge is 1.96. The Labute approximate surface area is 101 Å². The third-order valence-electron chi connectivity index (χ3n) is 2.66. The van der Waals surface area contributed by atoms with Crippen LogP contribution in [0.4, 0.5) is 0 Å². The molecule has 0 amide bonds. The summed E-state index contributed by atoms with van der Waals surface area (Å²) in [6.45, 7) is 3.86. The van der Waals surface area contributed by atoms with Gasteiger partial charge in [-0.15, -0.1) is 11.6 Å². The van der Waals surface area contributed by atoms with Crippen LogP contribution < -0.4 is 5.32 Å². The molecule has 2 rings (SSSR count). The molecule has 0 bridgehead atoms. The molecule has 0 aliphatic carbocycles. The van der Waals surface area contributed by atoms with Crippen LogP contribution >= 0.6 is 11.6 Å². The van der Waals surface area contributed by atoms with Crippen molar-refractivity contribution in [2.45, 2.75) is 13.5 Å². The minimum absolute atomic E-state index is 0.659. The first-order valence-electron chi connectivity index (χ1n) is 5.55. The summed E-state index contributed by atoms with van der Waals surface area (Å²) in [4.78, 5) is 0. The number of benzene rings is 2. The van der Waals surface area contributed by atoms with Gasteiger partial charge in [-0.25, -0.2) is 0 Å². The van der Waals surface area contributed by atoms with E-state index in [9.17, 15) is 0 Å². The lowest BCUT2D eigenvalue weighted by Crippen LogP contribution is -2.15. The molecule has 0 spiro atoms. The molecule has 2 heteroatoms. The van der Waals surface area contributed by atoms with E-state index in [1.165, 1.54) is 21.9 Å². The van der Waals surface area contributed by atoms with Crippen molar-refractivity contribution in [2.24, 2.45) is 0 Å². The van der Waals surface area contributed by atoms with Crippen LogP contribution in [0.5, 0.6) is 0 Å². The number of nitrogens with one attached hydrogen (secondary N) is 1. The van der Waals surface area contributed by atoms with Crippen molar-refractivity contribution < 1.29 is 0 Å². The zero-order valence-electron chi connectivity index (χ0n) is 9.46. The summed E-state index contributed by atoms with van der Waals surface area (Å²) in [5.74, 6) is 0.659. The minimum atomic E-state index is 0.659. The zero-order chi connectivity index (χ0) is 11.4. The molecule has 0 radical (unpaired) electrons. The topological polar surface area (TPSA) is 12.0 Å². The van der Waals surface area contributed by atoms with Crippen molar-refractivity contribution in [2.75, 3.05) is 12.4 Å². The second-order valence-electron chi connectivity index (χ2n) is 4.05.